The molecule has 0 atom stereocenters. The van der Waals surface area contributed by atoms with Crippen LogP contribution in [0.25, 0.3) is 0 Å². The number of aryl methyl sites for hydroxylation is 1. The van der Waals surface area contributed by atoms with E-state index < -0.39 is 10.0 Å². The Morgan fingerprint density at radius 3 is 2.62 bits per heavy atom. The molecule has 0 saturated heterocycles. The molecule has 1 N–H and O–H groups in total. The molecule has 5 heteroatoms. The SMILES string of the molecule is Cc1ccc(S(=O)(=O)NC2CC2)o1. The van der Waals surface area contributed by atoms with Crippen molar-refractivity contribution in [3.63, 3.8) is 0 Å². The average molecular weight is 201 g/mol. The fourth-order valence-electron chi connectivity index (χ4n) is 1.04. The topological polar surface area (TPSA) is 59.3 Å². The van der Waals surface area contributed by atoms with E-state index in [1.165, 1.54) is 6.07 Å². The Kier molecular flexibility index (Phi) is 1.92. The summed E-state index contributed by atoms with van der Waals surface area (Å²) in [5.74, 6) is 0.608. The van der Waals surface area contributed by atoms with Crippen LogP contribution in [0.1, 0.15) is 18.6 Å². The van der Waals surface area contributed by atoms with Crippen LogP contribution in [0.15, 0.2) is 21.6 Å². The van der Waals surface area contributed by atoms with Crippen molar-refractivity contribution < 1.29 is 12.8 Å². The molecule has 2 rings (SSSR count). The van der Waals surface area contributed by atoms with Crippen molar-refractivity contribution in [3.8, 4) is 0 Å². The molecule has 0 aromatic carbocycles. The predicted octanol–water partition coefficient (Wildman–Crippen LogP) is 1.03. The van der Waals surface area contributed by atoms with Crippen molar-refractivity contribution in [2.45, 2.75) is 30.9 Å². The lowest BCUT2D eigenvalue weighted by Gasteiger charge is -2.00. The van der Waals surface area contributed by atoms with E-state index in [1.807, 2.05) is 0 Å². The van der Waals surface area contributed by atoms with E-state index in [-0.39, 0.29) is 11.1 Å². The first-order valence-electron chi connectivity index (χ1n) is 4.17. The highest BCUT2D eigenvalue weighted by Crippen LogP contribution is 2.22. The molecule has 13 heavy (non-hydrogen) atoms. The highest BCUT2D eigenvalue weighted by atomic mass is 32.2. The molecule has 1 heterocycles. The first kappa shape index (κ1) is 8.77. The van der Waals surface area contributed by atoms with Crippen LogP contribution in [-0.2, 0) is 10.0 Å². The number of furan rings is 1. The first-order valence-corrected chi connectivity index (χ1v) is 5.65. The maximum atomic E-state index is 11.5. The zero-order valence-electron chi connectivity index (χ0n) is 7.28. The monoisotopic (exact) mass is 201 g/mol. The van der Waals surface area contributed by atoms with Gasteiger partial charge in [-0.1, -0.05) is 0 Å². The van der Waals surface area contributed by atoms with Gasteiger partial charge in [0.1, 0.15) is 5.76 Å². The molecule has 1 fully saturated rings. The van der Waals surface area contributed by atoms with Crippen LogP contribution in [0.5, 0.6) is 0 Å². The maximum Gasteiger partial charge on any atom is 0.274 e. The van der Waals surface area contributed by atoms with Crippen molar-refractivity contribution in [3.05, 3.63) is 17.9 Å². The van der Waals surface area contributed by atoms with E-state index in [9.17, 15) is 8.42 Å². The predicted molar refractivity (Wildman–Crippen MR) is 46.8 cm³/mol. The third-order valence-corrected chi connectivity index (χ3v) is 3.27. The summed E-state index contributed by atoms with van der Waals surface area (Å²) < 4.78 is 30.5. The molecule has 0 amide bonds. The summed E-state index contributed by atoms with van der Waals surface area (Å²) in [5, 5.41) is 0.0110. The van der Waals surface area contributed by atoms with Gasteiger partial charge in [-0.15, -0.1) is 0 Å². The summed E-state index contributed by atoms with van der Waals surface area (Å²) in [4.78, 5) is 0. The van der Waals surface area contributed by atoms with Crippen molar-refractivity contribution in [2.24, 2.45) is 0 Å². The minimum absolute atomic E-state index is 0.0110. The van der Waals surface area contributed by atoms with Gasteiger partial charge in [-0.3, -0.25) is 0 Å². The molecular formula is C8H11NO3S. The molecule has 1 aromatic heterocycles. The second-order valence-corrected chi connectivity index (χ2v) is 4.91. The standard InChI is InChI=1S/C8H11NO3S/c1-6-2-5-8(12-6)13(10,11)9-7-3-4-7/h2,5,7,9H,3-4H2,1H3. The molecule has 4 nitrogen and oxygen atoms in total. The minimum atomic E-state index is -3.39. The summed E-state index contributed by atoms with van der Waals surface area (Å²) in [5.41, 5.74) is 0. The summed E-state index contributed by atoms with van der Waals surface area (Å²) in [6, 6.07) is 3.23. The van der Waals surface area contributed by atoms with Crippen LogP contribution in [0.2, 0.25) is 0 Å². The Morgan fingerprint density at radius 1 is 1.46 bits per heavy atom. The lowest BCUT2D eigenvalue weighted by Crippen LogP contribution is -2.25. The second-order valence-electron chi connectivity index (χ2n) is 3.26. The lowest BCUT2D eigenvalue weighted by molar-refractivity contribution is 0.425. The van der Waals surface area contributed by atoms with E-state index in [4.69, 9.17) is 4.42 Å². The molecule has 0 aliphatic heterocycles. The van der Waals surface area contributed by atoms with Crippen LogP contribution in [0.3, 0.4) is 0 Å². The van der Waals surface area contributed by atoms with Crippen molar-refractivity contribution in [1.29, 1.82) is 0 Å². The van der Waals surface area contributed by atoms with Crippen molar-refractivity contribution in [2.75, 3.05) is 0 Å². The highest BCUT2D eigenvalue weighted by molar-refractivity contribution is 7.89. The Morgan fingerprint density at radius 2 is 2.15 bits per heavy atom. The molecule has 0 radical (unpaired) electrons. The van der Waals surface area contributed by atoms with Crippen LogP contribution in [0, 0.1) is 6.92 Å². The van der Waals surface area contributed by atoms with Crippen molar-refractivity contribution in [1.82, 2.24) is 4.72 Å². The molecular weight excluding hydrogens is 190 g/mol. The van der Waals surface area contributed by atoms with Crippen LogP contribution in [0.4, 0.5) is 0 Å². The normalized spacial score (nSPS) is 17.6. The van der Waals surface area contributed by atoms with Crippen molar-refractivity contribution >= 4 is 10.0 Å². The summed E-state index contributed by atoms with van der Waals surface area (Å²) in [7, 11) is -3.39. The number of hydrogen-bond acceptors (Lipinski definition) is 3. The fraction of sp³-hybridized carbons (Fsp3) is 0.500. The smallest absolute Gasteiger partial charge is 0.274 e. The molecule has 0 unspecified atom stereocenters. The quantitative estimate of drug-likeness (QED) is 0.794. The molecule has 1 saturated carbocycles. The molecule has 1 aliphatic carbocycles. The lowest BCUT2D eigenvalue weighted by atomic mass is 10.5. The van der Waals surface area contributed by atoms with Crippen LogP contribution >= 0.6 is 0 Å². The highest BCUT2D eigenvalue weighted by Gasteiger charge is 2.29. The fourth-order valence-corrected chi connectivity index (χ4v) is 2.31. The van der Waals surface area contributed by atoms with E-state index in [0.717, 1.165) is 12.8 Å². The van der Waals surface area contributed by atoms with Gasteiger partial charge in [0, 0.05) is 6.04 Å². The average Bonchev–Trinajstić information content (AvgIpc) is 2.70. The second kappa shape index (κ2) is 2.85. The molecule has 0 bridgehead atoms. The van der Waals surface area contributed by atoms with E-state index in [2.05, 4.69) is 4.72 Å². The number of nitrogens with one attached hydrogen (secondary N) is 1. The number of sulfonamides is 1. The van der Waals surface area contributed by atoms with Crippen LogP contribution in [-0.4, -0.2) is 14.5 Å². The van der Waals surface area contributed by atoms with Gasteiger partial charge in [0.2, 0.25) is 5.09 Å². The van der Waals surface area contributed by atoms with E-state index in [0.29, 0.717) is 5.76 Å². The zero-order valence-corrected chi connectivity index (χ0v) is 8.10. The van der Waals surface area contributed by atoms with E-state index in [1.54, 1.807) is 13.0 Å². The number of rotatable bonds is 3. The molecule has 1 aromatic rings. The largest absolute Gasteiger partial charge is 0.449 e. The molecule has 0 spiro atoms. The Balaban J connectivity index is 2.22. The zero-order chi connectivity index (χ0) is 9.47. The van der Waals surface area contributed by atoms with Gasteiger partial charge in [0.05, 0.1) is 0 Å². The van der Waals surface area contributed by atoms with Crippen LogP contribution < -0.4 is 4.72 Å². The van der Waals surface area contributed by atoms with Gasteiger partial charge in [-0.05, 0) is 31.9 Å². The maximum absolute atomic E-state index is 11.5. The number of hydrogen-bond donors (Lipinski definition) is 1. The van der Waals surface area contributed by atoms with Gasteiger partial charge < -0.3 is 4.42 Å². The Labute approximate surface area is 77.0 Å². The Bertz CT molecular complexity index is 403. The minimum Gasteiger partial charge on any atom is -0.449 e. The van der Waals surface area contributed by atoms with Gasteiger partial charge in [0.15, 0.2) is 0 Å². The molecule has 1 aliphatic rings. The summed E-state index contributed by atoms with van der Waals surface area (Å²) in [6.07, 6.45) is 1.86. The third-order valence-electron chi connectivity index (χ3n) is 1.88. The summed E-state index contributed by atoms with van der Waals surface area (Å²) in [6.45, 7) is 1.72. The summed E-state index contributed by atoms with van der Waals surface area (Å²) >= 11 is 0. The molecule has 72 valence electrons. The first-order chi connectivity index (χ1) is 6.08. The van der Waals surface area contributed by atoms with Gasteiger partial charge in [-0.25, -0.2) is 13.1 Å². The van der Waals surface area contributed by atoms with E-state index >= 15 is 0 Å². The van der Waals surface area contributed by atoms with Gasteiger partial charge >= 0.3 is 0 Å². The van der Waals surface area contributed by atoms with Gasteiger partial charge in [-0.2, -0.15) is 0 Å². The third kappa shape index (κ3) is 1.92. The Hall–Kier alpha value is -0.810. The van der Waals surface area contributed by atoms with Gasteiger partial charge in [0.25, 0.3) is 10.0 Å².